The zero-order valence-corrected chi connectivity index (χ0v) is 17.1. The highest BCUT2D eigenvalue weighted by Crippen LogP contribution is 2.29. The first-order valence-electron chi connectivity index (χ1n) is 9.53. The molecule has 1 amide bonds. The van der Waals surface area contributed by atoms with Gasteiger partial charge in [-0.1, -0.05) is 18.2 Å². The lowest BCUT2D eigenvalue weighted by Gasteiger charge is -2.13. The van der Waals surface area contributed by atoms with Gasteiger partial charge in [0.25, 0.3) is 0 Å². The van der Waals surface area contributed by atoms with Gasteiger partial charge in [-0.15, -0.1) is 0 Å². The standard InChI is InChI=1S/C23H24FN3O3/c1-16(2)30-21-10-6-17(12-22(21)29-3)7-11-23(28)26-20-13-25-27(15-20)14-18-4-8-19(24)9-5-18/h4-13,15-16H,14H2,1-3H3,(H,26,28). The molecule has 0 saturated carbocycles. The minimum atomic E-state index is -0.280. The molecule has 1 aromatic heterocycles. The van der Waals surface area contributed by atoms with E-state index in [1.165, 1.54) is 18.2 Å². The molecule has 156 valence electrons. The van der Waals surface area contributed by atoms with Crippen LogP contribution < -0.4 is 14.8 Å². The van der Waals surface area contributed by atoms with Gasteiger partial charge in [-0.3, -0.25) is 9.48 Å². The predicted octanol–water partition coefficient (Wildman–Crippen LogP) is 4.52. The van der Waals surface area contributed by atoms with Crippen molar-refractivity contribution in [3.63, 3.8) is 0 Å². The number of methoxy groups -OCH3 is 1. The van der Waals surface area contributed by atoms with E-state index in [-0.39, 0.29) is 17.8 Å². The van der Waals surface area contributed by atoms with E-state index in [1.54, 1.807) is 42.4 Å². The van der Waals surface area contributed by atoms with Crippen LogP contribution in [0, 0.1) is 5.82 Å². The first-order valence-corrected chi connectivity index (χ1v) is 9.53. The summed E-state index contributed by atoms with van der Waals surface area (Å²) < 4.78 is 25.7. The number of rotatable bonds is 8. The Balaban J connectivity index is 1.59. The molecule has 0 spiro atoms. The van der Waals surface area contributed by atoms with E-state index >= 15 is 0 Å². The van der Waals surface area contributed by atoms with Crippen molar-refractivity contribution < 1.29 is 18.7 Å². The highest BCUT2D eigenvalue weighted by atomic mass is 19.1. The Kier molecular flexibility index (Phi) is 6.85. The van der Waals surface area contributed by atoms with Gasteiger partial charge in [-0.2, -0.15) is 5.10 Å². The summed E-state index contributed by atoms with van der Waals surface area (Å²) >= 11 is 0. The Labute approximate surface area is 174 Å². The number of nitrogens with one attached hydrogen (secondary N) is 1. The molecule has 0 fully saturated rings. The summed E-state index contributed by atoms with van der Waals surface area (Å²) in [6, 6.07) is 11.7. The summed E-state index contributed by atoms with van der Waals surface area (Å²) in [4.78, 5) is 12.2. The summed E-state index contributed by atoms with van der Waals surface area (Å²) in [5, 5.41) is 6.98. The summed E-state index contributed by atoms with van der Waals surface area (Å²) in [7, 11) is 1.58. The monoisotopic (exact) mass is 409 g/mol. The second-order valence-electron chi connectivity index (χ2n) is 6.95. The molecule has 0 saturated heterocycles. The average molecular weight is 409 g/mol. The fourth-order valence-corrected chi connectivity index (χ4v) is 2.79. The van der Waals surface area contributed by atoms with Crippen LogP contribution in [-0.2, 0) is 11.3 Å². The number of carbonyl (C=O) groups excluding carboxylic acids is 1. The largest absolute Gasteiger partial charge is 0.493 e. The number of nitrogens with zero attached hydrogens (tertiary/aromatic N) is 2. The van der Waals surface area contributed by atoms with Crippen molar-refractivity contribution in [2.75, 3.05) is 12.4 Å². The molecule has 0 aliphatic carbocycles. The van der Waals surface area contributed by atoms with Crippen LogP contribution in [0.25, 0.3) is 6.08 Å². The van der Waals surface area contributed by atoms with Crippen molar-refractivity contribution in [1.29, 1.82) is 0 Å². The topological polar surface area (TPSA) is 65.4 Å². The molecule has 0 radical (unpaired) electrons. The molecule has 30 heavy (non-hydrogen) atoms. The number of halogens is 1. The molecule has 0 bridgehead atoms. The number of amides is 1. The highest BCUT2D eigenvalue weighted by Gasteiger charge is 2.07. The molecule has 7 heteroatoms. The lowest BCUT2D eigenvalue weighted by atomic mass is 10.2. The fraction of sp³-hybridized carbons (Fsp3) is 0.217. The Morgan fingerprint density at radius 1 is 1.20 bits per heavy atom. The van der Waals surface area contributed by atoms with Gasteiger partial charge in [0.2, 0.25) is 5.91 Å². The minimum absolute atomic E-state index is 0.0371. The minimum Gasteiger partial charge on any atom is -0.493 e. The fourth-order valence-electron chi connectivity index (χ4n) is 2.79. The Bertz CT molecular complexity index is 1030. The smallest absolute Gasteiger partial charge is 0.248 e. The Hall–Kier alpha value is -3.61. The average Bonchev–Trinajstić information content (AvgIpc) is 3.15. The van der Waals surface area contributed by atoms with Crippen LogP contribution in [0.15, 0.2) is 60.9 Å². The van der Waals surface area contributed by atoms with E-state index in [1.807, 2.05) is 32.0 Å². The molecule has 0 aliphatic rings. The second-order valence-corrected chi connectivity index (χ2v) is 6.95. The molecule has 1 heterocycles. The van der Waals surface area contributed by atoms with Gasteiger partial charge in [0.1, 0.15) is 5.82 Å². The molecule has 0 unspecified atom stereocenters. The van der Waals surface area contributed by atoms with Gasteiger partial charge in [0, 0.05) is 12.3 Å². The van der Waals surface area contributed by atoms with Crippen LogP contribution >= 0.6 is 0 Å². The number of ether oxygens (including phenoxy) is 2. The third kappa shape index (κ3) is 5.94. The van der Waals surface area contributed by atoms with Crippen molar-refractivity contribution >= 4 is 17.7 Å². The summed E-state index contributed by atoms with van der Waals surface area (Å²) in [5.41, 5.74) is 2.30. The van der Waals surface area contributed by atoms with Crippen molar-refractivity contribution in [2.45, 2.75) is 26.5 Å². The van der Waals surface area contributed by atoms with Crippen molar-refractivity contribution in [1.82, 2.24) is 9.78 Å². The predicted molar refractivity (Wildman–Crippen MR) is 114 cm³/mol. The van der Waals surface area contributed by atoms with Gasteiger partial charge < -0.3 is 14.8 Å². The zero-order valence-electron chi connectivity index (χ0n) is 17.1. The molecule has 1 N–H and O–H groups in total. The van der Waals surface area contributed by atoms with Crippen LogP contribution in [-0.4, -0.2) is 28.9 Å². The van der Waals surface area contributed by atoms with Crippen molar-refractivity contribution in [2.24, 2.45) is 0 Å². The lowest BCUT2D eigenvalue weighted by Crippen LogP contribution is -2.07. The van der Waals surface area contributed by atoms with Crippen LogP contribution in [0.1, 0.15) is 25.0 Å². The lowest BCUT2D eigenvalue weighted by molar-refractivity contribution is -0.111. The third-order valence-electron chi connectivity index (χ3n) is 4.14. The molecule has 0 aliphatic heterocycles. The van der Waals surface area contributed by atoms with Gasteiger partial charge in [-0.05, 0) is 55.3 Å². The number of hydrogen-bond donors (Lipinski definition) is 1. The summed E-state index contributed by atoms with van der Waals surface area (Å²) in [6.07, 6.45) is 6.46. The van der Waals surface area contributed by atoms with Crippen LogP contribution in [0.5, 0.6) is 11.5 Å². The SMILES string of the molecule is COc1cc(C=CC(=O)Nc2cnn(Cc3ccc(F)cc3)c2)ccc1OC(C)C. The van der Waals surface area contributed by atoms with E-state index in [4.69, 9.17) is 9.47 Å². The number of aromatic nitrogens is 2. The number of benzene rings is 2. The molecule has 3 rings (SSSR count). The Morgan fingerprint density at radius 3 is 2.67 bits per heavy atom. The molecule has 0 atom stereocenters. The molecule has 3 aromatic rings. The number of hydrogen-bond acceptors (Lipinski definition) is 4. The van der Waals surface area contributed by atoms with E-state index < -0.39 is 0 Å². The maximum Gasteiger partial charge on any atom is 0.248 e. The van der Waals surface area contributed by atoms with Crippen LogP contribution in [0.4, 0.5) is 10.1 Å². The summed E-state index contributed by atoms with van der Waals surface area (Å²) in [6.45, 7) is 4.37. The normalized spacial score (nSPS) is 11.1. The summed E-state index contributed by atoms with van der Waals surface area (Å²) in [5.74, 6) is 0.701. The zero-order chi connectivity index (χ0) is 21.5. The maximum absolute atomic E-state index is 13.0. The van der Waals surface area contributed by atoms with Gasteiger partial charge >= 0.3 is 0 Å². The Morgan fingerprint density at radius 2 is 1.97 bits per heavy atom. The third-order valence-corrected chi connectivity index (χ3v) is 4.14. The number of carbonyl (C=O) groups is 1. The van der Waals surface area contributed by atoms with E-state index in [2.05, 4.69) is 10.4 Å². The molecular formula is C23H24FN3O3. The highest BCUT2D eigenvalue weighted by molar-refractivity contribution is 6.01. The van der Waals surface area contributed by atoms with Crippen molar-refractivity contribution in [3.8, 4) is 11.5 Å². The van der Waals surface area contributed by atoms with Gasteiger partial charge in [-0.25, -0.2) is 4.39 Å². The number of anilines is 1. The first-order chi connectivity index (χ1) is 14.4. The second kappa shape index (κ2) is 9.73. The first kappa shape index (κ1) is 21.1. The molecule has 2 aromatic carbocycles. The van der Waals surface area contributed by atoms with E-state index in [0.29, 0.717) is 23.7 Å². The molecule has 6 nitrogen and oxygen atoms in total. The van der Waals surface area contributed by atoms with Crippen molar-refractivity contribution in [3.05, 3.63) is 77.9 Å². The van der Waals surface area contributed by atoms with E-state index in [9.17, 15) is 9.18 Å². The van der Waals surface area contributed by atoms with Crippen LogP contribution in [0.3, 0.4) is 0 Å². The van der Waals surface area contributed by atoms with Gasteiger partial charge in [0.05, 0.1) is 31.6 Å². The molecular weight excluding hydrogens is 385 g/mol. The van der Waals surface area contributed by atoms with Gasteiger partial charge in [0.15, 0.2) is 11.5 Å². The van der Waals surface area contributed by atoms with E-state index in [0.717, 1.165) is 11.1 Å². The quantitative estimate of drug-likeness (QED) is 0.556. The van der Waals surface area contributed by atoms with Crippen LogP contribution in [0.2, 0.25) is 0 Å². The maximum atomic E-state index is 13.0.